The number of aromatic nitrogens is 2. The summed E-state index contributed by atoms with van der Waals surface area (Å²) in [6, 6.07) is 8.84. The van der Waals surface area contributed by atoms with Crippen LogP contribution in [0.25, 0.3) is 0 Å². The molecular weight excluding hydrogens is 374 g/mol. The highest BCUT2D eigenvalue weighted by molar-refractivity contribution is 6.21. The van der Waals surface area contributed by atoms with Gasteiger partial charge in [0.25, 0.3) is 0 Å². The second-order valence-corrected chi connectivity index (χ2v) is 9.69. The molecule has 6 nitrogen and oxygen atoms in total. The topological polar surface area (TPSA) is 53.9 Å². The van der Waals surface area contributed by atoms with Gasteiger partial charge in [-0.2, -0.15) is 0 Å². The van der Waals surface area contributed by atoms with Crippen molar-refractivity contribution in [2.75, 3.05) is 31.1 Å². The molecule has 6 rings (SSSR count). The molecule has 156 valence electrons. The van der Waals surface area contributed by atoms with Crippen LogP contribution in [0.15, 0.2) is 35.6 Å². The van der Waals surface area contributed by atoms with Crippen LogP contribution < -0.4 is 9.64 Å². The van der Waals surface area contributed by atoms with Crippen molar-refractivity contribution in [2.24, 2.45) is 10.9 Å². The van der Waals surface area contributed by atoms with E-state index in [0.717, 1.165) is 72.6 Å². The Labute approximate surface area is 178 Å². The molecule has 0 amide bonds. The van der Waals surface area contributed by atoms with Crippen LogP contribution in [-0.2, 0) is 0 Å². The van der Waals surface area contributed by atoms with Gasteiger partial charge in [0.2, 0.25) is 0 Å². The molecule has 3 fully saturated rings. The Kier molecular flexibility index (Phi) is 4.13. The Morgan fingerprint density at radius 1 is 1.13 bits per heavy atom. The molecule has 2 saturated carbocycles. The monoisotopic (exact) mass is 403 g/mol. The molecule has 2 aromatic rings. The van der Waals surface area contributed by atoms with E-state index in [0.29, 0.717) is 6.04 Å². The van der Waals surface area contributed by atoms with Gasteiger partial charge < -0.3 is 9.64 Å². The van der Waals surface area contributed by atoms with Gasteiger partial charge in [-0.15, -0.1) is 0 Å². The van der Waals surface area contributed by atoms with Gasteiger partial charge in [0, 0.05) is 43.9 Å². The molecule has 0 spiro atoms. The van der Waals surface area contributed by atoms with Crippen LogP contribution in [0.2, 0.25) is 0 Å². The zero-order chi connectivity index (χ0) is 20.3. The molecule has 1 atom stereocenters. The Balaban J connectivity index is 1.18. The zero-order valence-corrected chi connectivity index (χ0v) is 17.8. The molecule has 30 heavy (non-hydrogen) atoms. The van der Waals surface area contributed by atoms with E-state index in [-0.39, 0.29) is 5.60 Å². The number of piperazine rings is 1. The lowest BCUT2D eigenvalue weighted by molar-refractivity contribution is 0.181. The molecule has 1 aromatic heterocycles. The number of aliphatic imine (C=N–C) groups is 1. The number of nitrogens with zero attached hydrogens (tertiary/aromatic N) is 5. The first-order valence-electron chi connectivity index (χ1n) is 11.3. The van der Waals surface area contributed by atoms with E-state index in [1.54, 1.807) is 6.33 Å². The van der Waals surface area contributed by atoms with Crippen molar-refractivity contribution in [3.05, 3.63) is 41.9 Å². The van der Waals surface area contributed by atoms with Gasteiger partial charge in [-0.25, -0.2) is 15.0 Å². The Morgan fingerprint density at radius 2 is 2.00 bits per heavy atom. The SMILES string of the molecule is CC1CN(c2cc(C3=Nc4ccc(OC5(C)CC5)cc43)ncn2)CCN1CC1CC1. The minimum Gasteiger partial charge on any atom is -0.488 e. The summed E-state index contributed by atoms with van der Waals surface area (Å²) in [5.41, 5.74) is 4.01. The fourth-order valence-electron chi connectivity index (χ4n) is 4.51. The maximum atomic E-state index is 6.14. The molecule has 0 radical (unpaired) electrons. The molecule has 1 unspecified atom stereocenters. The normalized spacial score (nSPS) is 24.7. The first-order valence-corrected chi connectivity index (χ1v) is 11.3. The molecule has 1 saturated heterocycles. The summed E-state index contributed by atoms with van der Waals surface area (Å²) in [5.74, 6) is 2.88. The zero-order valence-electron chi connectivity index (χ0n) is 17.8. The predicted molar refractivity (Wildman–Crippen MR) is 118 cm³/mol. The second-order valence-electron chi connectivity index (χ2n) is 9.69. The first-order chi connectivity index (χ1) is 14.6. The number of ether oxygens (including phenoxy) is 1. The van der Waals surface area contributed by atoms with E-state index in [2.05, 4.69) is 45.7 Å². The number of rotatable bonds is 6. The van der Waals surface area contributed by atoms with Gasteiger partial charge in [0.1, 0.15) is 23.5 Å². The highest BCUT2D eigenvalue weighted by atomic mass is 16.5. The molecule has 3 heterocycles. The van der Waals surface area contributed by atoms with Crippen LogP contribution >= 0.6 is 0 Å². The van der Waals surface area contributed by atoms with E-state index in [4.69, 9.17) is 9.73 Å². The molecule has 4 aliphatic rings. The van der Waals surface area contributed by atoms with Gasteiger partial charge in [0.05, 0.1) is 17.1 Å². The standard InChI is InChI=1S/C24H29N5O/c1-16-13-29(10-9-28(16)14-17-3-4-17)22-12-21(25-15-26-22)23-19-11-18(5-6-20(19)27-23)30-24(2)7-8-24/h5-6,11-12,15-17H,3-4,7-10,13-14H2,1-2H3. The van der Waals surface area contributed by atoms with E-state index < -0.39 is 0 Å². The van der Waals surface area contributed by atoms with Crippen molar-refractivity contribution in [3.8, 4) is 5.75 Å². The lowest BCUT2D eigenvalue weighted by Crippen LogP contribution is -2.52. The quantitative estimate of drug-likeness (QED) is 0.626. The van der Waals surface area contributed by atoms with Crippen molar-refractivity contribution in [3.63, 3.8) is 0 Å². The molecule has 2 aliphatic heterocycles. The highest BCUT2D eigenvalue weighted by Gasteiger charge is 2.40. The maximum absolute atomic E-state index is 6.14. The van der Waals surface area contributed by atoms with E-state index in [9.17, 15) is 0 Å². The molecule has 2 aliphatic carbocycles. The second kappa shape index (κ2) is 6.77. The first kappa shape index (κ1) is 18.3. The Bertz CT molecular complexity index is 1010. The maximum Gasteiger partial charge on any atom is 0.132 e. The third-order valence-corrected chi connectivity index (χ3v) is 6.95. The van der Waals surface area contributed by atoms with Crippen LogP contribution in [-0.4, -0.2) is 58.4 Å². The number of benzene rings is 1. The van der Waals surface area contributed by atoms with Crippen molar-refractivity contribution in [2.45, 2.75) is 51.2 Å². The number of hydrogen-bond donors (Lipinski definition) is 0. The summed E-state index contributed by atoms with van der Waals surface area (Å²) in [4.78, 5) is 18.9. The van der Waals surface area contributed by atoms with Crippen LogP contribution in [0.1, 0.15) is 50.8 Å². The summed E-state index contributed by atoms with van der Waals surface area (Å²) in [5, 5.41) is 0. The van der Waals surface area contributed by atoms with Gasteiger partial charge >= 0.3 is 0 Å². The summed E-state index contributed by atoms with van der Waals surface area (Å²) >= 11 is 0. The molecule has 0 bridgehead atoms. The molecule has 1 aromatic carbocycles. The minimum atomic E-state index is 0.0235. The Hall–Kier alpha value is -2.47. The Morgan fingerprint density at radius 3 is 2.77 bits per heavy atom. The largest absolute Gasteiger partial charge is 0.488 e. The van der Waals surface area contributed by atoms with E-state index in [1.165, 1.54) is 19.4 Å². The third-order valence-electron chi connectivity index (χ3n) is 6.95. The lowest BCUT2D eigenvalue weighted by atomic mass is 9.98. The van der Waals surface area contributed by atoms with Crippen LogP contribution in [0, 0.1) is 5.92 Å². The van der Waals surface area contributed by atoms with E-state index >= 15 is 0 Å². The average Bonchev–Trinajstić information content (AvgIpc) is 3.65. The minimum absolute atomic E-state index is 0.0235. The van der Waals surface area contributed by atoms with Crippen molar-refractivity contribution in [1.82, 2.24) is 14.9 Å². The number of fused-ring (bicyclic) bond motifs is 1. The van der Waals surface area contributed by atoms with Crippen molar-refractivity contribution >= 4 is 17.2 Å². The van der Waals surface area contributed by atoms with Gasteiger partial charge in [-0.3, -0.25) is 4.90 Å². The average molecular weight is 404 g/mol. The smallest absolute Gasteiger partial charge is 0.132 e. The summed E-state index contributed by atoms with van der Waals surface area (Å²) in [6.07, 6.45) is 6.77. The molecule has 6 heteroatoms. The summed E-state index contributed by atoms with van der Waals surface area (Å²) < 4.78 is 6.14. The van der Waals surface area contributed by atoms with Crippen LogP contribution in [0.3, 0.4) is 0 Å². The molecular formula is C24H29N5O. The van der Waals surface area contributed by atoms with Crippen LogP contribution in [0.4, 0.5) is 11.5 Å². The lowest BCUT2D eigenvalue weighted by Gasteiger charge is -2.40. The van der Waals surface area contributed by atoms with Crippen molar-refractivity contribution in [1.29, 1.82) is 0 Å². The summed E-state index contributed by atoms with van der Waals surface area (Å²) in [6.45, 7) is 8.92. The van der Waals surface area contributed by atoms with Crippen LogP contribution in [0.5, 0.6) is 5.75 Å². The highest BCUT2D eigenvalue weighted by Crippen LogP contribution is 2.42. The van der Waals surface area contributed by atoms with E-state index in [1.807, 2.05) is 12.1 Å². The molecule has 0 N–H and O–H groups in total. The fourth-order valence-corrected chi connectivity index (χ4v) is 4.51. The fraction of sp³-hybridized carbons (Fsp3) is 0.542. The number of anilines is 1. The van der Waals surface area contributed by atoms with Gasteiger partial charge in [0.15, 0.2) is 0 Å². The van der Waals surface area contributed by atoms with Gasteiger partial charge in [-0.05, 0) is 63.6 Å². The summed E-state index contributed by atoms with van der Waals surface area (Å²) in [7, 11) is 0. The van der Waals surface area contributed by atoms with Crippen molar-refractivity contribution < 1.29 is 4.74 Å². The van der Waals surface area contributed by atoms with Gasteiger partial charge in [-0.1, -0.05) is 0 Å². The number of hydrogen-bond acceptors (Lipinski definition) is 6. The predicted octanol–water partition coefficient (Wildman–Crippen LogP) is 3.81. The third kappa shape index (κ3) is 3.47.